The molecule has 1 saturated carbocycles. The van der Waals surface area contributed by atoms with E-state index in [0.717, 1.165) is 38.8 Å². The molecule has 1 aliphatic heterocycles. The van der Waals surface area contributed by atoms with Crippen LogP contribution in [0.3, 0.4) is 0 Å². The molecule has 2 fully saturated rings. The summed E-state index contributed by atoms with van der Waals surface area (Å²) in [5.74, 6) is 1.09. The number of carbonyl (C=O) groups is 2. The molecule has 2 aliphatic rings. The van der Waals surface area contributed by atoms with Gasteiger partial charge in [-0.2, -0.15) is 0 Å². The number of carbonyl (C=O) groups excluding carboxylic acids is 1. The second-order valence-electron chi connectivity index (χ2n) is 7.71. The Kier molecular flexibility index (Phi) is 10.3. The van der Waals surface area contributed by atoms with E-state index in [4.69, 9.17) is 19.7 Å². The standard InChI is InChI=1S/C20H30N2O3S.CH2O3/c1-26(24)19-13-16(20(23)22-17-5-3-2-4-6-17)7-8-18(19)25-14-15-9-11-21-12-10-15;2-1(3)4/h7-8,13,15,17,21H,2-6,9-12,14H2,1H3,(H,22,23);(H2,2,3,4). The van der Waals surface area contributed by atoms with Crippen LogP contribution in [0.25, 0.3) is 0 Å². The van der Waals surface area contributed by atoms with E-state index in [9.17, 15) is 9.35 Å². The Labute approximate surface area is 180 Å². The molecule has 1 amide bonds. The van der Waals surface area contributed by atoms with Crippen LogP contribution in [0, 0.1) is 5.92 Å². The number of piperidine rings is 1. The molecule has 1 heterocycles. The fraction of sp³-hybridized carbons (Fsp3) is 0.619. The first kappa shape index (κ1) is 24.3. The maximum atomic E-state index is 12.5. The summed E-state index contributed by atoms with van der Waals surface area (Å²) < 4.78 is 18.1. The average Bonchev–Trinajstić information content (AvgIpc) is 2.73. The van der Waals surface area contributed by atoms with Crippen molar-refractivity contribution in [1.29, 1.82) is 0 Å². The molecule has 0 spiro atoms. The van der Waals surface area contributed by atoms with E-state index >= 15 is 0 Å². The third-order valence-corrected chi connectivity index (χ3v) is 6.33. The van der Waals surface area contributed by atoms with Gasteiger partial charge in [-0.05, 0) is 68.0 Å². The summed E-state index contributed by atoms with van der Waals surface area (Å²) in [5.41, 5.74) is 0.565. The highest BCUT2D eigenvalue weighted by atomic mass is 32.2. The number of nitrogens with one attached hydrogen (secondary N) is 2. The summed E-state index contributed by atoms with van der Waals surface area (Å²) in [6.07, 6.45) is 7.73. The van der Waals surface area contributed by atoms with Crippen molar-refractivity contribution in [3.8, 4) is 5.75 Å². The van der Waals surface area contributed by atoms with E-state index in [1.165, 1.54) is 19.3 Å². The second-order valence-corrected chi connectivity index (χ2v) is 9.06. The summed E-state index contributed by atoms with van der Waals surface area (Å²) in [6.45, 7) is 2.70. The van der Waals surface area contributed by atoms with Crippen molar-refractivity contribution in [1.82, 2.24) is 10.6 Å². The van der Waals surface area contributed by atoms with Crippen molar-refractivity contribution in [2.24, 2.45) is 5.92 Å². The molecule has 1 aliphatic carbocycles. The number of benzene rings is 1. The number of amides is 1. The Balaban J connectivity index is 0.000000735. The molecule has 1 aromatic rings. The van der Waals surface area contributed by atoms with Crippen LogP contribution in [-0.2, 0) is 11.2 Å². The minimum atomic E-state index is -1.83. The Morgan fingerprint density at radius 2 is 1.80 bits per heavy atom. The summed E-state index contributed by atoms with van der Waals surface area (Å²) in [5, 5.41) is 20.4. The van der Waals surface area contributed by atoms with Crippen LogP contribution in [0.1, 0.15) is 55.3 Å². The predicted molar refractivity (Wildman–Crippen MR) is 115 cm³/mol. The first-order valence-electron chi connectivity index (χ1n) is 10.4. The lowest BCUT2D eigenvalue weighted by molar-refractivity contribution is 0.0927. The Hall–Kier alpha value is -1.97. The van der Waals surface area contributed by atoms with Gasteiger partial charge in [-0.3, -0.25) is 4.79 Å². The van der Waals surface area contributed by atoms with Crippen molar-refractivity contribution in [2.45, 2.75) is 55.9 Å². The van der Waals surface area contributed by atoms with E-state index in [1.807, 2.05) is 0 Å². The van der Waals surface area contributed by atoms with Gasteiger partial charge in [-0.15, -0.1) is 0 Å². The van der Waals surface area contributed by atoms with Gasteiger partial charge in [-0.25, -0.2) is 4.79 Å². The summed E-state index contributed by atoms with van der Waals surface area (Å²) >= 11 is -1.20. The highest BCUT2D eigenvalue weighted by Crippen LogP contribution is 2.27. The largest absolute Gasteiger partial charge is 0.612 e. The van der Waals surface area contributed by atoms with Gasteiger partial charge >= 0.3 is 6.16 Å². The van der Waals surface area contributed by atoms with Crippen LogP contribution in [-0.4, -0.2) is 58.8 Å². The second kappa shape index (κ2) is 12.7. The number of hydrogen-bond acceptors (Lipinski definition) is 5. The maximum Gasteiger partial charge on any atom is 0.503 e. The highest BCUT2D eigenvalue weighted by Gasteiger charge is 2.21. The minimum absolute atomic E-state index is 0.0755. The molecule has 1 unspecified atom stereocenters. The van der Waals surface area contributed by atoms with Gasteiger partial charge in [0.15, 0.2) is 10.6 Å². The molecular weight excluding hydrogens is 408 g/mol. The van der Waals surface area contributed by atoms with E-state index in [0.29, 0.717) is 28.7 Å². The van der Waals surface area contributed by atoms with Crippen molar-refractivity contribution in [3.63, 3.8) is 0 Å². The van der Waals surface area contributed by atoms with E-state index in [2.05, 4.69) is 10.6 Å². The molecule has 9 heteroatoms. The molecule has 3 rings (SSSR count). The van der Waals surface area contributed by atoms with E-state index in [1.54, 1.807) is 24.5 Å². The summed E-state index contributed by atoms with van der Waals surface area (Å²) in [6, 6.07) is 5.58. The number of hydrogen-bond donors (Lipinski definition) is 4. The maximum absolute atomic E-state index is 12.5. The number of ether oxygens (including phenoxy) is 1. The van der Waals surface area contributed by atoms with Crippen molar-refractivity contribution < 1.29 is 29.1 Å². The zero-order valence-electron chi connectivity index (χ0n) is 17.4. The first-order chi connectivity index (χ1) is 14.4. The van der Waals surface area contributed by atoms with Gasteiger partial charge in [0.05, 0.1) is 6.61 Å². The van der Waals surface area contributed by atoms with Crippen molar-refractivity contribution in [3.05, 3.63) is 23.8 Å². The van der Waals surface area contributed by atoms with Gasteiger partial charge in [-0.1, -0.05) is 19.3 Å². The van der Waals surface area contributed by atoms with Crippen LogP contribution in [0.15, 0.2) is 23.1 Å². The quantitative estimate of drug-likeness (QED) is 0.500. The van der Waals surface area contributed by atoms with Gasteiger partial charge in [0.1, 0.15) is 6.26 Å². The molecule has 1 atom stereocenters. The summed E-state index contributed by atoms with van der Waals surface area (Å²) in [4.78, 5) is 21.7. The SMILES string of the molecule is C[S+]([O-])c1cc(C(=O)NC2CCCCC2)ccc1OCC1CCNCC1.O=C(O)O. The summed E-state index contributed by atoms with van der Waals surface area (Å²) in [7, 11) is 0. The smallest absolute Gasteiger partial charge is 0.503 e. The molecule has 4 N–H and O–H groups in total. The Morgan fingerprint density at radius 1 is 1.17 bits per heavy atom. The van der Waals surface area contributed by atoms with Gasteiger partial charge in [0, 0.05) is 17.7 Å². The topological polar surface area (TPSA) is 131 Å². The molecular formula is C21H32N2O6S. The first-order valence-corrected chi connectivity index (χ1v) is 12.0. The van der Waals surface area contributed by atoms with Crippen LogP contribution in [0.2, 0.25) is 0 Å². The highest BCUT2D eigenvalue weighted by molar-refractivity contribution is 7.90. The average molecular weight is 441 g/mol. The third-order valence-electron chi connectivity index (χ3n) is 5.39. The molecule has 0 bridgehead atoms. The van der Waals surface area contributed by atoms with Crippen molar-refractivity contribution in [2.75, 3.05) is 26.0 Å². The van der Waals surface area contributed by atoms with Gasteiger partial charge < -0.3 is 30.1 Å². The monoisotopic (exact) mass is 440 g/mol. The fourth-order valence-corrected chi connectivity index (χ4v) is 4.47. The number of rotatable bonds is 6. The lowest BCUT2D eigenvalue weighted by atomic mass is 9.95. The molecule has 0 radical (unpaired) electrons. The van der Waals surface area contributed by atoms with Crippen molar-refractivity contribution >= 4 is 23.2 Å². The molecule has 168 valence electrons. The third kappa shape index (κ3) is 8.41. The Bertz CT molecular complexity index is 684. The van der Waals surface area contributed by atoms with Crippen LogP contribution < -0.4 is 15.4 Å². The zero-order valence-corrected chi connectivity index (χ0v) is 18.2. The van der Waals surface area contributed by atoms with Crippen LogP contribution >= 0.6 is 0 Å². The van der Waals surface area contributed by atoms with Gasteiger partial charge in [0.25, 0.3) is 5.91 Å². The Morgan fingerprint density at radius 3 is 2.40 bits per heavy atom. The molecule has 1 saturated heterocycles. The van der Waals surface area contributed by atoms with Crippen LogP contribution in [0.4, 0.5) is 4.79 Å². The molecule has 1 aromatic carbocycles. The minimum Gasteiger partial charge on any atom is -0.612 e. The molecule has 8 nitrogen and oxygen atoms in total. The normalized spacial score (nSPS) is 18.6. The lowest BCUT2D eigenvalue weighted by Gasteiger charge is -2.24. The fourth-order valence-electron chi connectivity index (χ4n) is 3.76. The van der Waals surface area contributed by atoms with E-state index in [-0.39, 0.29) is 11.9 Å². The van der Waals surface area contributed by atoms with Gasteiger partial charge in [0.2, 0.25) is 0 Å². The van der Waals surface area contributed by atoms with Crippen LogP contribution in [0.5, 0.6) is 5.75 Å². The zero-order chi connectivity index (χ0) is 21.9. The molecule has 30 heavy (non-hydrogen) atoms. The molecule has 0 aromatic heterocycles. The predicted octanol–water partition coefficient (Wildman–Crippen LogP) is 3.09. The number of carboxylic acid groups (broad SMARTS) is 2. The van der Waals surface area contributed by atoms with E-state index < -0.39 is 17.3 Å². The lowest BCUT2D eigenvalue weighted by Crippen LogP contribution is -2.36.